The molecule has 2 aliphatic rings. The molecule has 0 radical (unpaired) electrons. The summed E-state index contributed by atoms with van der Waals surface area (Å²) in [5, 5.41) is 5.83. The second kappa shape index (κ2) is 7.97. The lowest BCUT2D eigenvalue weighted by Gasteiger charge is -2.22. The molecule has 1 aliphatic carbocycles. The fourth-order valence-electron chi connectivity index (χ4n) is 3.88. The second-order valence-electron chi connectivity index (χ2n) is 7.33. The van der Waals surface area contributed by atoms with Crippen LogP contribution in [-0.4, -0.2) is 31.8 Å². The van der Waals surface area contributed by atoms with E-state index in [2.05, 4.69) is 10.6 Å². The van der Waals surface area contributed by atoms with Crippen LogP contribution in [-0.2, 0) is 23.0 Å². The first-order chi connectivity index (χ1) is 13.5. The van der Waals surface area contributed by atoms with E-state index in [0.717, 1.165) is 49.0 Å². The predicted molar refractivity (Wildman–Crippen MR) is 104 cm³/mol. The van der Waals surface area contributed by atoms with Gasteiger partial charge in [-0.1, -0.05) is 12.1 Å². The Hall–Kier alpha value is -2.32. The van der Waals surface area contributed by atoms with Gasteiger partial charge >= 0.3 is 6.03 Å². The van der Waals surface area contributed by atoms with Crippen molar-refractivity contribution < 1.29 is 17.6 Å². The monoisotopic (exact) mass is 403 g/mol. The van der Waals surface area contributed by atoms with E-state index in [0.29, 0.717) is 24.5 Å². The van der Waals surface area contributed by atoms with Crippen LogP contribution in [0.3, 0.4) is 0 Å². The molecule has 1 unspecified atom stereocenters. The quantitative estimate of drug-likeness (QED) is 0.803. The SMILES string of the molecule is O=C(NCc1ccc(S(=O)(=O)N2CCCC2)cc1)NC1CCCc2occc21. The summed E-state index contributed by atoms with van der Waals surface area (Å²) < 4.78 is 32.1. The lowest BCUT2D eigenvalue weighted by Crippen LogP contribution is -2.38. The topological polar surface area (TPSA) is 91.7 Å². The predicted octanol–water partition coefficient (Wildman–Crippen LogP) is 2.94. The van der Waals surface area contributed by atoms with E-state index in [1.54, 1.807) is 30.5 Å². The van der Waals surface area contributed by atoms with Crippen LogP contribution in [0.5, 0.6) is 0 Å². The maximum atomic E-state index is 12.6. The fourth-order valence-corrected chi connectivity index (χ4v) is 5.40. The molecule has 7 nitrogen and oxygen atoms in total. The van der Waals surface area contributed by atoms with Crippen LogP contribution >= 0.6 is 0 Å². The van der Waals surface area contributed by atoms with Gasteiger partial charge in [0.05, 0.1) is 17.2 Å². The largest absolute Gasteiger partial charge is 0.469 e. The number of carbonyl (C=O) groups is 1. The van der Waals surface area contributed by atoms with E-state index in [1.165, 1.54) is 4.31 Å². The number of sulfonamides is 1. The average Bonchev–Trinajstić information content (AvgIpc) is 3.39. The summed E-state index contributed by atoms with van der Waals surface area (Å²) in [6.07, 6.45) is 6.28. The fraction of sp³-hybridized carbons (Fsp3) is 0.450. The minimum Gasteiger partial charge on any atom is -0.469 e. The number of hydrogen-bond donors (Lipinski definition) is 2. The van der Waals surface area contributed by atoms with Crippen molar-refractivity contribution in [1.29, 1.82) is 0 Å². The first-order valence-electron chi connectivity index (χ1n) is 9.74. The highest BCUT2D eigenvalue weighted by Crippen LogP contribution is 2.30. The number of amides is 2. The zero-order valence-electron chi connectivity index (χ0n) is 15.7. The molecule has 1 atom stereocenters. The molecule has 0 spiro atoms. The standard InChI is InChI=1S/C20H25N3O4S/c24-20(22-18-4-3-5-19-17(18)10-13-27-19)21-14-15-6-8-16(9-7-15)28(25,26)23-11-1-2-12-23/h6-10,13,18H,1-5,11-12,14H2,(H2,21,22,24). The van der Waals surface area contributed by atoms with Crippen LogP contribution in [0, 0.1) is 0 Å². The molecule has 1 aliphatic heterocycles. The summed E-state index contributed by atoms with van der Waals surface area (Å²) in [5.74, 6) is 0.950. The van der Waals surface area contributed by atoms with Crippen molar-refractivity contribution in [1.82, 2.24) is 14.9 Å². The highest BCUT2D eigenvalue weighted by molar-refractivity contribution is 7.89. The first kappa shape index (κ1) is 19.0. The van der Waals surface area contributed by atoms with E-state index in [4.69, 9.17) is 4.42 Å². The number of carbonyl (C=O) groups excluding carboxylic acids is 1. The highest BCUT2D eigenvalue weighted by Gasteiger charge is 2.27. The Balaban J connectivity index is 1.32. The zero-order valence-corrected chi connectivity index (χ0v) is 16.5. The molecule has 8 heteroatoms. The number of fused-ring (bicyclic) bond motifs is 1. The second-order valence-corrected chi connectivity index (χ2v) is 9.26. The average molecular weight is 404 g/mol. The van der Waals surface area contributed by atoms with Gasteiger partial charge in [0.25, 0.3) is 0 Å². The zero-order chi connectivity index (χ0) is 19.6. The van der Waals surface area contributed by atoms with Gasteiger partial charge in [-0.2, -0.15) is 4.31 Å². The number of benzene rings is 1. The molecule has 1 aromatic heterocycles. The molecule has 2 aromatic rings. The van der Waals surface area contributed by atoms with E-state index >= 15 is 0 Å². The summed E-state index contributed by atoms with van der Waals surface area (Å²) >= 11 is 0. The number of nitrogens with zero attached hydrogens (tertiary/aromatic N) is 1. The van der Waals surface area contributed by atoms with Gasteiger partial charge in [0.1, 0.15) is 5.76 Å². The molecule has 2 amide bonds. The Kier molecular flexibility index (Phi) is 5.41. The minimum atomic E-state index is -3.40. The Morgan fingerprint density at radius 1 is 1.11 bits per heavy atom. The van der Waals surface area contributed by atoms with Gasteiger partial charge in [-0.3, -0.25) is 0 Å². The Morgan fingerprint density at radius 2 is 1.86 bits per heavy atom. The Morgan fingerprint density at radius 3 is 2.61 bits per heavy atom. The van der Waals surface area contributed by atoms with Crippen LogP contribution < -0.4 is 10.6 Å². The van der Waals surface area contributed by atoms with Crippen LogP contribution in [0.4, 0.5) is 4.79 Å². The first-order valence-corrected chi connectivity index (χ1v) is 11.2. The van der Waals surface area contributed by atoms with Gasteiger partial charge in [0, 0.05) is 31.6 Å². The van der Waals surface area contributed by atoms with Gasteiger partial charge in [0.15, 0.2) is 0 Å². The number of aryl methyl sites for hydroxylation is 1. The van der Waals surface area contributed by atoms with Crippen molar-refractivity contribution >= 4 is 16.1 Å². The summed E-state index contributed by atoms with van der Waals surface area (Å²) in [7, 11) is -3.40. The molecule has 0 bridgehead atoms. The van der Waals surface area contributed by atoms with Crippen molar-refractivity contribution in [2.45, 2.75) is 49.6 Å². The summed E-state index contributed by atoms with van der Waals surface area (Å²) in [6.45, 7) is 1.51. The lowest BCUT2D eigenvalue weighted by atomic mass is 9.93. The summed E-state index contributed by atoms with van der Waals surface area (Å²) in [6, 6.07) is 8.36. The third-order valence-corrected chi connectivity index (χ3v) is 7.35. The lowest BCUT2D eigenvalue weighted by molar-refractivity contribution is 0.234. The van der Waals surface area contributed by atoms with Crippen LogP contribution in [0.15, 0.2) is 45.9 Å². The Bertz CT molecular complexity index is 931. The maximum absolute atomic E-state index is 12.6. The summed E-state index contributed by atoms with van der Waals surface area (Å²) in [5.41, 5.74) is 1.90. The van der Waals surface area contributed by atoms with Crippen molar-refractivity contribution in [2.75, 3.05) is 13.1 Å². The molecule has 2 N–H and O–H groups in total. The highest BCUT2D eigenvalue weighted by atomic mass is 32.2. The van der Waals surface area contributed by atoms with Crippen molar-refractivity contribution in [2.24, 2.45) is 0 Å². The number of hydrogen-bond acceptors (Lipinski definition) is 4. The number of rotatable bonds is 5. The molecule has 1 aromatic carbocycles. The summed E-state index contributed by atoms with van der Waals surface area (Å²) in [4.78, 5) is 12.6. The van der Waals surface area contributed by atoms with Crippen molar-refractivity contribution in [3.8, 4) is 0 Å². The molecule has 28 heavy (non-hydrogen) atoms. The van der Waals surface area contributed by atoms with Gasteiger partial charge < -0.3 is 15.1 Å². The van der Waals surface area contributed by atoms with E-state index in [1.807, 2.05) is 6.07 Å². The molecule has 2 heterocycles. The molecule has 150 valence electrons. The molecule has 1 fully saturated rings. The number of urea groups is 1. The van der Waals surface area contributed by atoms with E-state index in [-0.39, 0.29) is 12.1 Å². The molecular formula is C20H25N3O4S. The number of furan rings is 1. The van der Waals surface area contributed by atoms with Crippen LogP contribution in [0.1, 0.15) is 48.6 Å². The third-order valence-electron chi connectivity index (χ3n) is 5.44. The maximum Gasteiger partial charge on any atom is 0.315 e. The van der Waals surface area contributed by atoms with E-state index in [9.17, 15) is 13.2 Å². The van der Waals surface area contributed by atoms with Crippen LogP contribution in [0.25, 0.3) is 0 Å². The van der Waals surface area contributed by atoms with Crippen molar-refractivity contribution in [3.05, 3.63) is 53.5 Å². The van der Waals surface area contributed by atoms with Gasteiger partial charge in [-0.25, -0.2) is 13.2 Å². The normalized spacial score (nSPS) is 19.9. The smallest absolute Gasteiger partial charge is 0.315 e. The Labute approximate surface area is 165 Å². The van der Waals surface area contributed by atoms with Gasteiger partial charge in [-0.05, 0) is 49.4 Å². The third kappa shape index (κ3) is 3.93. The molecule has 0 saturated carbocycles. The van der Waals surface area contributed by atoms with Gasteiger partial charge in [0.2, 0.25) is 10.0 Å². The van der Waals surface area contributed by atoms with E-state index < -0.39 is 10.0 Å². The molecule has 4 rings (SSSR count). The van der Waals surface area contributed by atoms with Crippen LogP contribution in [0.2, 0.25) is 0 Å². The van der Waals surface area contributed by atoms with Crippen molar-refractivity contribution in [3.63, 3.8) is 0 Å². The van der Waals surface area contributed by atoms with Gasteiger partial charge in [-0.15, -0.1) is 0 Å². The minimum absolute atomic E-state index is 0.0320. The molecule has 1 saturated heterocycles. The molecular weight excluding hydrogens is 378 g/mol. The number of nitrogens with one attached hydrogen (secondary N) is 2.